The van der Waals surface area contributed by atoms with Crippen molar-refractivity contribution in [2.24, 2.45) is 0 Å². The molecule has 0 atom stereocenters. The fourth-order valence-corrected chi connectivity index (χ4v) is 1.74. The maximum atomic E-state index is 9.05. The summed E-state index contributed by atoms with van der Waals surface area (Å²) in [6.45, 7) is 2.28. The Kier molecular flexibility index (Phi) is 18.7. The molecule has 3 nitrogen and oxygen atoms in total. The second kappa shape index (κ2) is 15.9. The Morgan fingerprint density at radius 2 is 1.17 bits per heavy atom. The molecule has 0 rings (SSSR count). The van der Waals surface area contributed by atoms with Gasteiger partial charge in [0.2, 0.25) is 0 Å². The van der Waals surface area contributed by atoms with Crippen molar-refractivity contribution in [2.45, 2.75) is 76.2 Å². The molecule has 0 radical (unpaired) electrons. The van der Waals surface area contributed by atoms with E-state index in [2.05, 4.69) is 36.3 Å². The third kappa shape index (κ3) is 36.0. The van der Waals surface area contributed by atoms with Gasteiger partial charge in [0.25, 0.3) is 0 Å². The van der Waals surface area contributed by atoms with E-state index >= 15 is 0 Å². The summed E-state index contributed by atoms with van der Waals surface area (Å²) in [6.07, 6.45) is 14.6. The van der Waals surface area contributed by atoms with Gasteiger partial charge >= 0.3 is 103 Å². The number of unbranched alkanes of at least 4 members (excludes halogenated alkanes) is 9. The van der Waals surface area contributed by atoms with E-state index in [-0.39, 0.29) is 0 Å². The summed E-state index contributed by atoms with van der Waals surface area (Å²) in [7, 11) is -3.97. The Morgan fingerprint density at radius 1 is 0.889 bits per heavy atom. The average molecular weight is 290 g/mol. The van der Waals surface area contributed by atoms with E-state index in [4.69, 9.17) is 13.0 Å². The molecule has 0 heterocycles. The van der Waals surface area contributed by atoms with Crippen molar-refractivity contribution in [3.8, 4) is 0 Å². The van der Waals surface area contributed by atoms with Gasteiger partial charge in [-0.25, -0.2) is 0 Å². The topological polar surface area (TPSA) is 54.4 Å². The van der Waals surface area contributed by atoms with Crippen LogP contribution in [-0.2, 0) is 9.15 Å². The first-order valence-corrected chi connectivity index (χ1v) is 9.61. The van der Waals surface area contributed by atoms with Crippen molar-refractivity contribution >= 4 is 38.5 Å². The maximum absolute atomic E-state index is 9.05. The zero-order valence-corrected chi connectivity index (χ0v) is 13.6. The molecule has 0 unspecified atom stereocenters. The summed E-state index contributed by atoms with van der Waals surface area (Å²) >= 11 is 4.93. The molecule has 106 valence electrons. The zero-order valence-electron chi connectivity index (χ0n) is 11.9. The molecule has 0 aliphatic carbocycles. The minimum atomic E-state index is -3.97. The Labute approximate surface area is 127 Å². The third-order valence-corrected chi connectivity index (χ3v) is 2.71. The number of rotatable bonds is 10. The monoisotopic (exact) mass is 290 g/mol. The van der Waals surface area contributed by atoms with Gasteiger partial charge in [0.05, 0.1) is 0 Å². The van der Waals surface area contributed by atoms with E-state index in [1.807, 2.05) is 0 Å². The fourth-order valence-electron chi connectivity index (χ4n) is 1.74. The molecule has 0 saturated heterocycles. The molecule has 0 aliphatic rings. The van der Waals surface area contributed by atoms with Gasteiger partial charge < -0.3 is 0 Å². The van der Waals surface area contributed by atoms with E-state index in [9.17, 15) is 0 Å². The number of hydrogen-bond donors (Lipinski definition) is 2. The van der Waals surface area contributed by atoms with Crippen LogP contribution in [0.3, 0.4) is 0 Å². The van der Waals surface area contributed by atoms with Crippen LogP contribution in [0.5, 0.6) is 0 Å². The van der Waals surface area contributed by atoms with Gasteiger partial charge in [-0.05, 0) is 11.7 Å². The van der Waals surface area contributed by atoms with Crippen LogP contribution >= 0.6 is 11.7 Å². The van der Waals surface area contributed by atoms with E-state index in [0.29, 0.717) is 0 Å². The molecule has 0 bridgehead atoms. The second-order valence-electron chi connectivity index (χ2n) is 4.63. The summed E-state index contributed by atoms with van der Waals surface area (Å²) in [5, 5.41) is 1.37. The van der Waals surface area contributed by atoms with Crippen molar-refractivity contribution in [1.82, 2.24) is 0 Å². The standard InChI is InChI=1S/C12H25.Li.H2O3S2/c1-3-5-7-9-11-12-10-8-6-4-2;;1-5(2,3)4/h1,3-12H2,2H3;;(H2,1,2,3,4). The summed E-state index contributed by atoms with van der Waals surface area (Å²) in [6, 6.07) is 0. The molecule has 0 spiro atoms. The minimum absolute atomic E-state index is 1.37. The van der Waals surface area contributed by atoms with Crippen molar-refractivity contribution in [2.75, 3.05) is 0 Å². The molecule has 0 amide bonds. The molecule has 0 aromatic rings. The quantitative estimate of drug-likeness (QED) is 0.208. The third-order valence-electron chi connectivity index (χ3n) is 2.71. The van der Waals surface area contributed by atoms with Gasteiger partial charge in [0.15, 0.2) is 0 Å². The summed E-state index contributed by atoms with van der Waals surface area (Å²) in [4.78, 5) is 0. The molecule has 0 fully saturated rings. The Bertz CT molecular complexity index is 226. The van der Waals surface area contributed by atoms with E-state index < -0.39 is 9.15 Å². The number of thiol groups is 1. The van der Waals surface area contributed by atoms with Crippen LogP contribution < -0.4 is 0 Å². The van der Waals surface area contributed by atoms with E-state index in [1.165, 1.54) is 69.3 Å². The van der Waals surface area contributed by atoms with Gasteiger partial charge in [-0.2, -0.15) is 8.42 Å². The second-order valence-corrected chi connectivity index (χ2v) is 6.91. The fraction of sp³-hybridized carbons (Fsp3) is 1.00. The zero-order chi connectivity index (χ0) is 14.3. The molecule has 0 aromatic carbocycles. The summed E-state index contributed by atoms with van der Waals surface area (Å²) in [5.41, 5.74) is 0. The Balaban J connectivity index is 0. The number of hydrogen-bond acceptors (Lipinski definition) is 2. The summed E-state index contributed by atoms with van der Waals surface area (Å²) < 4.78 is 25.5. The first kappa shape index (κ1) is 21.2. The van der Waals surface area contributed by atoms with Crippen molar-refractivity contribution < 1.29 is 13.0 Å². The molecule has 1 N–H and O–H groups in total. The molecule has 6 heteroatoms. The molecule has 0 saturated carbocycles. The van der Waals surface area contributed by atoms with Crippen LogP contribution in [0.1, 0.15) is 71.1 Å². The van der Waals surface area contributed by atoms with Crippen LogP contribution in [0.15, 0.2) is 0 Å². The van der Waals surface area contributed by atoms with Gasteiger partial charge in [-0.3, -0.25) is 4.55 Å². The predicted octanol–water partition coefficient (Wildman–Crippen LogP) is 4.21. The molecular weight excluding hydrogens is 263 g/mol. The SMILES string of the molecule is O=S(=O)(O)S.[Li][CH2]CCCCCCCCCCC. The molecular formula is C12H27LiO3S2. The van der Waals surface area contributed by atoms with Crippen molar-refractivity contribution in [3.63, 3.8) is 0 Å². The molecule has 18 heavy (non-hydrogen) atoms. The van der Waals surface area contributed by atoms with Crippen LogP contribution in [0.2, 0.25) is 5.09 Å². The van der Waals surface area contributed by atoms with E-state index in [0.717, 1.165) is 0 Å². The first-order valence-electron chi connectivity index (χ1n) is 7.11. The average Bonchev–Trinajstić information content (AvgIpc) is 2.25. The molecule has 0 aromatic heterocycles. The Hall–Kier alpha value is 0.857. The van der Waals surface area contributed by atoms with Crippen LogP contribution in [0.25, 0.3) is 0 Å². The van der Waals surface area contributed by atoms with Crippen LogP contribution in [0, 0.1) is 0 Å². The van der Waals surface area contributed by atoms with Crippen LogP contribution in [0.4, 0.5) is 0 Å². The predicted molar refractivity (Wildman–Crippen MR) is 82.9 cm³/mol. The Morgan fingerprint density at radius 3 is 1.44 bits per heavy atom. The molecule has 0 aliphatic heterocycles. The van der Waals surface area contributed by atoms with Gasteiger partial charge in [0.1, 0.15) is 0 Å². The van der Waals surface area contributed by atoms with Crippen LogP contribution in [-0.4, -0.2) is 30.7 Å². The van der Waals surface area contributed by atoms with Crippen molar-refractivity contribution in [1.29, 1.82) is 0 Å². The first-order chi connectivity index (χ1) is 8.41. The summed E-state index contributed by atoms with van der Waals surface area (Å²) in [5.74, 6) is 0. The normalized spacial score (nSPS) is 10.9. The van der Waals surface area contributed by atoms with E-state index in [1.54, 1.807) is 0 Å². The van der Waals surface area contributed by atoms with Gasteiger partial charge in [0, 0.05) is 0 Å². The van der Waals surface area contributed by atoms with Gasteiger partial charge in [-0.1, -0.05) is 0 Å². The van der Waals surface area contributed by atoms with Crippen molar-refractivity contribution in [3.05, 3.63) is 0 Å². The van der Waals surface area contributed by atoms with Gasteiger partial charge in [-0.15, -0.1) is 0 Å².